The first-order valence-electron chi connectivity index (χ1n) is 8.41. The van der Waals surface area contributed by atoms with Crippen molar-refractivity contribution in [2.24, 2.45) is 0 Å². The number of piperidine rings is 1. The van der Waals surface area contributed by atoms with Gasteiger partial charge in [0.05, 0.1) is 0 Å². The van der Waals surface area contributed by atoms with E-state index in [1.807, 2.05) is 11.1 Å². The monoisotopic (exact) mass is 303 g/mol. The molecule has 22 heavy (non-hydrogen) atoms. The lowest BCUT2D eigenvalue weighted by molar-refractivity contribution is -0.132. The minimum Gasteiger partial charge on any atom is -0.367 e. The van der Waals surface area contributed by atoms with Gasteiger partial charge >= 0.3 is 0 Å². The quantitative estimate of drug-likeness (QED) is 0.924. The van der Waals surface area contributed by atoms with Crippen LogP contribution in [0.2, 0.25) is 0 Å². The second kappa shape index (κ2) is 7.12. The second-order valence-electron chi connectivity index (χ2n) is 7.23. The highest BCUT2D eigenvalue weighted by atomic mass is 16.2. The summed E-state index contributed by atoms with van der Waals surface area (Å²) < 4.78 is 0. The average molecular weight is 303 g/mol. The summed E-state index contributed by atoms with van der Waals surface area (Å²) in [4.78, 5) is 18.4. The van der Waals surface area contributed by atoms with Gasteiger partial charge in [0.25, 0.3) is 0 Å². The molecule has 122 valence electrons. The normalized spacial score (nSPS) is 16.6. The third kappa shape index (κ3) is 4.46. The zero-order chi connectivity index (χ0) is 16.2. The van der Waals surface area contributed by atoms with Crippen LogP contribution in [0.1, 0.15) is 58.9 Å². The van der Waals surface area contributed by atoms with E-state index in [1.165, 1.54) is 5.56 Å². The van der Waals surface area contributed by atoms with Gasteiger partial charge in [-0.25, -0.2) is 4.98 Å². The molecule has 0 aromatic carbocycles. The Hall–Kier alpha value is -1.58. The Balaban J connectivity index is 1.90. The lowest BCUT2D eigenvalue weighted by atomic mass is 9.88. The van der Waals surface area contributed by atoms with Crippen LogP contribution < -0.4 is 5.32 Å². The summed E-state index contributed by atoms with van der Waals surface area (Å²) in [5.74, 6) is 1.25. The fourth-order valence-electron chi connectivity index (χ4n) is 2.83. The first-order valence-corrected chi connectivity index (χ1v) is 8.41. The van der Waals surface area contributed by atoms with Gasteiger partial charge in [-0.05, 0) is 42.4 Å². The number of pyridine rings is 1. The molecule has 0 aliphatic carbocycles. The van der Waals surface area contributed by atoms with Gasteiger partial charge in [-0.3, -0.25) is 4.79 Å². The van der Waals surface area contributed by atoms with E-state index in [4.69, 9.17) is 0 Å². The van der Waals surface area contributed by atoms with Crippen LogP contribution in [0.4, 0.5) is 5.82 Å². The molecular weight excluding hydrogens is 274 g/mol. The van der Waals surface area contributed by atoms with Crippen molar-refractivity contribution < 1.29 is 4.79 Å². The minimum absolute atomic E-state index is 0.134. The maximum absolute atomic E-state index is 11.9. The lowest BCUT2D eigenvalue weighted by Gasteiger charge is -2.33. The number of anilines is 1. The first-order chi connectivity index (χ1) is 10.4. The summed E-state index contributed by atoms with van der Waals surface area (Å²) in [6, 6.07) is 4.64. The number of likely N-dealkylation sites (tertiary alicyclic amines) is 1. The van der Waals surface area contributed by atoms with Gasteiger partial charge in [-0.2, -0.15) is 0 Å². The standard InChI is InChI=1S/C18H29N3O/c1-5-6-17(22)21-11-8-15(9-12-21)20-16-13-14(7-10-19-16)18(2,3)4/h7,10,13,15H,5-6,8-9,11-12H2,1-4H3,(H,19,20). The van der Waals surface area contributed by atoms with E-state index in [9.17, 15) is 4.79 Å². The molecule has 2 heterocycles. The number of carbonyl (C=O) groups is 1. The number of aromatic nitrogens is 1. The molecule has 0 radical (unpaired) electrons. The van der Waals surface area contributed by atoms with Crippen molar-refractivity contribution in [3.63, 3.8) is 0 Å². The zero-order valence-corrected chi connectivity index (χ0v) is 14.4. The number of nitrogens with one attached hydrogen (secondary N) is 1. The maximum atomic E-state index is 11.9. The molecular formula is C18H29N3O. The summed E-state index contributed by atoms with van der Waals surface area (Å²) in [6.07, 6.45) is 5.48. The van der Waals surface area contributed by atoms with Crippen molar-refractivity contribution in [2.45, 2.75) is 64.8 Å². The molecule has 1 aliphatic heterocycles. The Morgan fingerprint density at radius 1 is 1.36 bits per heavy atom. The SMILES string of the molecule is CCCC(=O)N1CCC(Nc2cc(C(C)(C)C)ccn2)CC1. The predicted molar refractivity (Wildman–Crippen MR) is 91.1 cm³/mol. The molecule has 0 atom stereocenters. The number of hydrogen-bond donors (Lipinski definition) is 1. The van der Waals surface area contributed by atoms with Crippen LogP contribution in [0.15, 0.2) is 18.3 Å². The largest absolute Gasteiger partial charge is 0.367 e. The van der Waals surface area contributed by atoms with E-state index in [0.29, 0.717) is 18.4 Å². The molecule has 0 unspecified atom stereocenters. The minimum atomic E-state index is 0.134. The smallest absolute Gasteiger partial charge is 0.222 e. The molecule has 4 heteroatoms. The van der Waals surface area contributed by atoms with Crippen molar-refractivity contribution in [2.75, 3.05) is 18.4 Å². The average Bonchev–Trinajstić information content (AvgIpc) is 2.48. The van der Waals surface area contributed by atoms with E-state index in [1.54, 1.807) is 0 Å². The van der Waals surface area contributed by atoms with Gasteiger partial charge in [-0.15, -0.1) is 0 Å². The molecule has 1 aromatic heterocycles. The van der Waals surface area contributed by atoms with E-state index < -0.39 is 0 Å². The van der Waals surface area contributed by atoms with E-state index in [-0.39, 0.29) is 5.41 Å². The van der Waals surface area contributed by atoms with Gasteiger partial charge in [-0.1, -0.05) is 27.7 Å². The van der Waals surface area contributed by atoms with Gasteiger partial charge in [0, 0.05) is 31.7 Å². The molecule has 1 N–H and O–H groups in total. The topological polar surface area (TPSA) is 45.2 Å². The van der Waals surface area contributed by atoms with E-state index in [2.05, 4.69) is 50.1 Å². The Morgan fingerprint density at radius 2 is 2.05 bits per heavy atom. The van der Waals surface area contributed by atoms with Crippen molar-refractivity contribution in [1.82, 2.24) is 9.88 Å². The van der Waals surface area contributed by atoms with Crippen LogP contribution in [0.25, 0.3) is 0 Å². The summed E-state index contributed by atoms with van der Waals surface area (Å²) in [7, 11) is 0. The van der Waals surface area contributed by atoms with Gasteiger partial charge in [0.15, 0.2) is 0 Å². The molecule has 4 nitrogen and oxygen atoms in total. The molecule has 1 amide bonds. The number of hydrogen-bond acceptors (Lipinski definition) is 3. The Morgan fingerprint density at radius 3 is 2.64 bits per heavy atom. The highest BCUT2D eigenvalue weighted by Gasteiger charge is 2.22. The number of nitrogens with zero attached hydrogens (tertiary/aromatic N) is 2. The van der Waals surface area contributed by atoms with Crippen LogP contribution in [-0.2, 0) is 10.2 Å². The van der Waals surface area contributed by atoms with Crippen LogP contribution in [0, 0.1) is 0 Å². The fraction of sp³-hybridized carbons (Fsp3) is 0.667. The Kier molecular flexibility index (Phi) is 5.43. The van der Waals surface area contributed by atoms with Crippen molar-refractivity contribution in [1.29, 1.82) is 0 Å². The molecule has 2 rings (SSSR count). The van der Waals surface area contributed by atoms with E-state index in [0.717, 1.165) is 38.2 Å². The lowest BCUT2D eigenvalue weighted by Crippen LogP contribution is -2.42. The number of rotatable bonds is 4. The first kappa shape index (κ1) is 16.8. The third-order valence-electron chi connectivity index (χ3n) is 4.29. The predicted octanol–water partition coefficient (Wildman–Crippen LogP) is 3.58. The van der Waals surface area contributed by atoms with Crippen molar-refractivity contribution in [3.05, 3.63) is 23.9 Å². The van der Waals surface area contributed by atoms with Crippen LogP contribution in [-0.4, -0.2) is 34.9 Å². The highest BCUT2D eigenvalue weighted by Crippen LogP contribution is 2.24. The summed E-state index contributed by atoms with van der Waals surface area (Å²) >= 11 is 0. The molecule has 1 fully saturated rings. The zero-order valence-electron chi connectivity index (χ0n) is 14.4. The van der Waals surface area contributed by atoms with Crippen LogP contribution >= 0.6 is 0 Å². The van der Waals surface area contributed by atoms with Crippen LogP contribution in [0.3, 0.4) is 0 Å². The van der Waals surface area contributed by atoms with Gasteiger partial charge in [0.1, 0.15) is 5.82 Å². The van der Waals surface area contributed by atoms with E-state index >= 15 is 0 Å². The Bertz CT molecular complexity index is 499. The molecule has 1 aliphatic rings. The molecule has 1 aromatic rings. The summed E-state index contributed by atoms with van der Waals surface area (Å²) in [5, 5.41) is 3.54. The van der Waals surface area contributed by atoms with Gasteiger partial charge in [0.2, 0.25) is 5.91 Å². The summed E-state index contributed by atoms with van der Waals surface area (Å²) in [5.41, 5.74) is 1.43. The molecule has 1 saturated heterocycles. The van der Waals surface area contributed by atoms with Crippen molar-refractivity contribution in [3.8, 4) is 0 Å². The maximum Gasteiger partial charge on any atom is 0.222 e. The fourth-order valence-corrected chi connectivity index (χ4v) is 2.83. The molecule has 0 spiro atoms. The highest BCUT2D eigenvalue weighted by molar-refractivity contribution is 5.76. The molecule has 0 bridgehead atoms. The second-order valence-corrected chi connectivity index (χ2v) is 7.23. The van der Waals surface area contributed by atoms with Crippen LogP contribution in [0.5, 0.6) is 0 Å². The number of carbonyl (C=O) groups excluding carboxylic acids is 1. The third-order valence-corrected chi connectivity index (χ3v) is 4.29. The Labute approximate surface area is 134 Å². The molecule has 0 saturated carbocycles. The van der Waals surface area contributed by atoms with Gasteiger partial charge < -0.3 is 10.2 Å². The summed E-state index contributed by atoms with van der Waals surface area (Å²) in [6.45, 7) is 10.4. The van der Waals surface area contributed by atoms with Crippen molar-refractivity contribution >= 4 is 11.7 Å². The number of amides is 1.